The van der Waals surface area contributed by atoms with Crippen LogP contribution in [0.4, 0.5) is 4.79 Å². The van der Waals surface area contributed by atoms with E-state index in [-0.39, 0.29) is 30.6 Å². The van der Waals surface area contributed by atoms with Crippen molar-refractivity contribution < 1.29 is 19.1 Å². The zero-order chi connectivity index (χ0) is 17.6. The minimum absolute atomic E-state index is 0.105. The topological polar surface area (TPSA) is 106 Å². The summed E-state index contributed by atoms with van der Waals surface area (Å²) in [4.78, 5) is 25.0. The summed E-state index contributed by atoms with van der Waals surface area (Å²) in [7, 11) is 0. The number of carbonyl (C=O) groups is 2. The van der Waals surface area contributed by atoms with E-state index in [0.717, 1.165) is 31.7 Å². The third kappa shape index (κ3) is 4.99. The number of hydrogen-bond acceptors (Lipinski definition) is 5. The Balaban J connectivity index is 1.36. The predicted octanol–water partition coefficient (Wildman–Crippen LogP) is 0.0753. The fourth-order valence-corrected chi connectivity index (χ4v) is 3.06. The largest absolute Gasteiger partial charge is 0.486 e. The van der Waals surface area contributed by atoms with E-state index < -0.39 is 0 Å². The molecule has 0 aromatic heterocycles. The molecule has 0 spiro atoms. The Morgan fingerprint density at radius 1 is 1.20 bits per heavy atom. The van der Waals surface area contributed by atoms with Crippen molar-refractivity contribution in [2.24, 2.45) is 5.73 Å². The summed E-state index contributed by atoms with van der Waals surface area (Å²) in [5.41, 5.74) is 5.20. The molecule has 2 aliphatic rings. The number of nitrogens with two attached hydrogens (primary N) is 1. The fourth-order valence-electron chi connectivity index (χ4n) is 3.06. The van der Waals surface area contributed by atoms with E-state index in [4.69, 9.17) is 15.2 Å². The standard InChI is InChI=1S/C17H24N4O4/c18-16(22)10-21-7-5-12(6-8-21)20-17(23)19-9-13-11-24-14-3-1-2-4-15(14)25-13/h1-4,12-13H,5-11H2,(H2,18,22)(H2,19,20,23)/t13-/m1/s1. The Bertz CT molecular complexity index is 616. The zero-order valence-electron chi connectivity index (χ0n) is 14.1. The quantitative estimate of drug-likeness (QED) is 0.699. The first-order valence-electron chi connectivity index (χ1n) is 8.53. The van der Waals surface area contributed by atoms with Gasteiger partial charge in [0, 0.05) is 19.1 Å². The van der Waals surface area contributed by atoms with E-state index in [1.54, 1.807) is 0 Å². The van der Waals surface area contributed by atoms with E-state index in [9.17, 15) is 9.59 Å². The number of urea groups is 1. The van der Waals surface area contributed by atoms with Crippen LogP contribution in [0.5, 0.6) is 11.5 Å². The maximum Gasteiger partial charge on any atom is 0.315 e. The van der Waals surface area contributed by atoms with Gasteiger partial charge in [0.15, 0.2) is 17.6 Å². The number of piperidine rings is 1. The SMILES string of the molecule is NC(=O)CN1CCC(NC(=O)NC[C@@H]2COc3ccccc3O2)CC1. The highest BCUT2D eigenvalue weighted by atomic mass is 16.6. The lowest BCUT2D eigenvalue weighted by Crippen LogP contribution is -2.51. The maximum atomic E-state index is 12.1. The van der Waals surface area contributed by atoms with Gasteiger partial charge in [-0.3, -0.25) is 9.69 Å². The predicted molar refractivity (Wildman–Crippen MR) is 91.5 cm³/mol. The lowest BCUT2D eigenvalue weighted by atomic mass is 10.1. The number of nitrogens with one attached hydrogen (secondary N) is 2. The monoisotopic (exact) mass is 348 g/mol. The first-order chi connectivity index (χ1) is 12.1. The molecular weight excluding hydrogens is 324 g/mol. The molecule has 4 N–H and O–H groups in total. The van der Waals surface area contributed by atoms with Gasteiger partial charge in [-0.25, -0.2) is 4.79 Å². The van der Waals surface area contributed by atoms with E-state index in [1.807, 2.05) is 29.2 Å². The number of likely N-dealkylation sites (tertiary alicyclic amines) is 1. The van der Waals surface area contributed by atoms with E-state index in [0.29, 0.717) is 18.9 Å². The summed E-state index contributed by atoms with van der Waals surface area (Å²) in [6.45, 7) is 2.57. The number of carbonyl (C=O) groups excluding carboxylic acids is 2. The molecule has 2 heterocycles. The third-order valence-electron chi connectivity index (χ3n) is 4.36. The molecular formula is C17H24N4O4. The number of rotatable bonds is 5. The molecule has 8 nitrogen and oxygen atoms in total. The molecule has 0 saturated carbocycles. The number of ether oxygens (including phenoxy) is 2. The number of hydrogen-bond donors (Lipinski definition) is 3. The summed E-state index contributed by atoms with van der Waals surface area (Å²) < 4.78 is 11.4. The first kappa shape index (κ1) is 17.3. The molecule has 2 aliphatic heterocycles. The number of fused-ring (bicyclic) bond motifs is 1. The average molecular weight is 348 g/mol. The molecule has 3 amide bonds. The van der Waals surface area contributed by atoms with Crippen LogP contribution in [0, 0.1) is 0 Å². The number of primary amides is 1. The van der Waals surface area contributed by atoms with Crippen LogP contribution in [-0.4, -0.2) is 61.8 Å². The summed E-state index contributed by atoms with van der Waals surface area (Å²) in [5.74, 6) is 1.11. The van der Waals surface area contributed by atoms with Crippen molar-refractivity contribution in [3.63, 3.8) is 0 Å². The molecule has 1 fully saturated rings. The van der Waals surface area contributed by atoms with Gasteiger partial charge in [0.2, 0.25) is 5.91 Å². The lowest BCUT2D eigenvalue weighted by Gasteiger charge is -2.31. The molecule has 1 saturated heterocycles. The summed E-state index contributed by atoms with van der Waals surface area (Å²) in [6.07, 6.45) is 1.40. The highest BCUT2D eigenvalue weighted by Gasteiger charge is 2.23. The average Bonchev–Trinajstić information content (AvgIpc) is 2.61. The summed E-state index contributed by atoms with van der Waals surface area (Å²) in [5, 5.41) is 5.79. The van der Waals surface area contributed by atoms with Gasteiger partial charge in [-0.2, -0.15) is 0 Å². The van der Waals surface area contributed by atoms with Crippen LogP contribution < -0.4 is 25.8 Å². The van der Waals surface area contributed by atoms with Crippen molar-refractivity contribution in [1.82, 2.24) is 15.5 Å². The van der Waals surface area contributed by atoms with Crippen molar-refractivity contribution in [1.29, 1.82) is 0 Å². The van der Waals surface area contributed by atoms with Crippen LogP contribution in [0.15, 0.2) is 24.3 Å². The summed E-state index contributed by atoms with van der Waals surface area (Å²) >= 11 is 0. The van der Waals surface area contributed by atoms with Gasteiger partial charge >= 0.3 is 6.03 Å². The van der Waals surface area contributed by atoms with Gasteiger partial charge in [-0.15, -0.1) is 0 Å². The van der Waals surface area contributed by atoms with Crippen LogP contribution in [0.1, 0.15) is 12.8 Å². The highest BCUT2D eigenvalue weighted by molar-refractivity contribution is 5.76. The minimum atomic E-state index is -0.319. The van der Waals surface area contributed by atoms with Crippen LogP contribution in [0.3, 0.4) is 0 Å². The third-order valence-corrected chi connectivity index (χ3v) is 4.36. The zero-order valence-corrected chi connectivity index (χ0v) is 14.1. The molecule has 8 heteroatoms. The van der Waals surface area contributed by atoms with Gasteiger partial charge in [-0.1, -0.05) is 12.1 Å². The van der Waals surface area contributed by atoms with Gasteiger partial charge in [0.05, 0.1) is 13.1 Å². The van der Waals surface area contributed by atoms with Crippen LogP contribution >= 0.6 is 0 Å². The second kappa shape index (κ2) is 8.06. The summed E-state index contributed by atoms with van der Waals surface area (Å²) in [6, 6.07) is 7.37. The van der Waals surface area contributed by atoms with Gasteiger partial charge in [-0.05, 0) is 25.0 Å². The Kier molecular flexibility index (Phi) is 5.60. The van der Waals surface area contributed by atoms with Crippen molar-refractivity contribution in [2.45, 2.75) is 25.0 Å². The molecule has 25 heavy (non-hydrogen) atoms. The molecule has 0 radical (unpaired) electrons. The van der Waals surface area contributed by atoms with E-state index in [1.165, 1.54) is 0 Å². The van der Waals surface area contributed by atoms with Crippen molar-refractivity contribution in [3.05, 3.63) is 24.3 Å². The van der Waals surface area contributed by atoms with Gasteiger partial charge < -0.3 is 25.8 Å². The first-order valence-corrected chi connectivity index (χ1v) is 8.53. The molecule has 0 bridgehead atoms. The van der Waals surface area contributed by atoms with Crippen LogP contribution in [0.2, 0.25) is 0 Å². The molecule has 1 aromatic carbocycles. The molecule has 1 aromatic rings. The van der Waals surface area contributed by atoms with Crippen molar-refractivity contribution in [3.8, 4) is 11.5 Å². The number of amides is 3. The van der Waals surface area contributed by atoms with Crippen LogP contribution in [-0.2, 0) is 4.79 Å². The number of benzene rings is 1. The number of para-hydroxylation sites is 2. The smallest absolute Gasteiger partial charge is 0.315 e. The molecule has 3 rings (SSSR count). The van der Waals surface area contributed by atoms with Gasteiger partial charge in [0.1, 0.15) is 6.61 Å². The number of nitrogens with zero attached hydrogens (tertiary/aromatic N) is 1. The Morgan fingerprint density at radius 2 is 1.92 bits per heavy atom. The normalized spacial score (nSPS) is 20.7. The Labute approximate surface area is 146 Å². The minimum Gasteiger partial charge on any atom is -0.486 e. The van der Waals surface area contributed by atoms with Gasteiger partial charge in [0.25, 0.3) is 0 Å². The van der Waals surface area contributed by atoms with Crippen molar-refractivity contribution >= 4 is 11.9 Å². The second-order valence-corrected chi connectivity index (χ2v) is 6.37. The molecule has 0 aliphatic carbocycles. The molecule has 136 valence electrons. The van der Waals surface area contributed by atoms with Crippen LogP contribution in [0.25, 0.3) is 0 Å². The van der Waals surface area contributed by atoms with E-state index >= 15 is 0 Å². The molecule has 0 unspecified atom stereocenters. The highest BCUT2D eigenvalue weighted by Crippen LogP contribution is 2.30. The second-order valence-electron chi connectivity index (χ2n) is 6.37. The maximum absolute atomic E-state index is 12.1. The Hall–Kier alpha value is -2.48. The molecule has 1 atom stereocenters. The van der Waals surface area contributed by atoms with Crippen molar-refractivity contribution in [2.75, 3.05) is 32.8 Å². The van der Waals surface area contributed by atoms with E-state index in [2.05, 4.69) is 10.6 Å². The lowest BCUT2D eigenvalue weighted by molar-refractivity contribution is -0.119. The fraction of sp³-hybridized carbons (Fsp3) is 0.529. The Morgan fingerprint density at radius 3 is 2.64 bits per heavy atom.